The molecule has 1 fully saturated rings. The molecule has 31 heavy (non-hydrogen) atoms. The van der Waals surface area contributed by atoms with Crippen LogP contribution in [-0.4, -0.2) is 35.8 Å². The van der Waals surface area contributed by atoms with Gasteiger partial charge in [-0.2, -0.15) is 0 Å². The standard InChI is InChI=1S/C26H27N3O2/c27-23-8-2-1-3-9-24(13-12-23)28-25(30)20-14-16-29(17-15-20)26(31)22-11-10-19-6-4-5-7-21(19)18-22/h1-13,18,20,24H,14-17,27H2,(H,28,30)/b2-1+,9-3-,13-12?,23-8+. The summed E-state index contributed by atoms with van der Waals surface area (Å²) in [4.78, 5) is 27.6. The molecule has 2 aliphatic rings. The summed E-state index contributed by atoms with van der Waals surface area (Å²) in [6, 6.07) is 13.6. The number of fused-ring (bicyclic) bond motifs is 1. The number of nitrogens with zero attached hydrogens (tertiary/aromatic N) is 1. The summed E-state index contributed by atoms with van der Waals surface area (Å²) in [7, 11) is 0. The monoisotopic (exact) mass is 413 g/mol. The Morgan fingerprint density at radius 1 is 0.935 bits per heavy atom. The first-order chi connectivity index (χ1) is 15.1. The Bertz CT molecular complexity index is 1090. The number of nitrogens with two attached hydrogens (primary N) is 1. The summed E-state index contributed by atoms with van der Waals surface area (Å²) in [6.07, 6.45) is 14.4. The molecule has 5 nitrogen and oxygen atoms in total. The van der Waals surface area contributed by atoms with E-state index in [0.29, 0.717) is 37.2 Å². The van der Waals surface area contributed by atoms with Gasteiger partial charge in [0.25, 0.3) is 5.91 Å². The van der Waals surface area contributed by atoms with E-state index >= 15 is 0 Å². The van der Waals surface area contributed by atoms with Crippen molar-refractivity contribution in [1.29, 1.82) is 0 Å². The van der Waals surface area contributed by atoms with Crippen LogP contribution in [-0.2, 0) is 4.79 Å². The number of likely N-dealkylation sites (tertiary alicyclic amines) is 1. The smallest absolute Gasteiger partial charge is 0.253 e. The number of carbonyl (C=O) groups excluding carboxylic acids is 2. The second-order valence-corrected chi connectivity index (χ2v) is 7.96. The second kappa shape index (κ2) is 9.47. The molecule has 0 saturated carbocycles. The summed E-state index contributed by atoms with van der Waals surface area (Å²) in [5.74, 6) is -0.0535. The van der Waals surface area contributed by atoms with Gasteiger partial charge < -0.3 is 16.0 Å². The number of hydrogen-bond acceptors (Lipinski definition) is 3. The molecule has 0 spiro atoms. The van der Waals surface area contributed by atoms with Crippen LogP contribution in [0.25, 0.3) is 10.8 Å². The van der Waals surface area contributed by atoms with Crippen molar-refractivity contribution in [3.8, 4) is 0 Å². The molecule has 4 rings (SSSR count). The summed E-state index contributed by atoms with van der Waals surface area (Å²) in [6.45, 7) is 1.16. The van der Waals surface area contributed by atoms with Crippen molar-refractivity contribution in [3.05, 3.63) is 96.3 Å². The summed E-state index contributed by atoms with van der Waals surface area (Å²) in [5.41, 5.74) is 7.21. The van der Waals surface area contributed by atoms with E-state index in [1.165, 1.54) is 0 Å². The lowest BCUT2D eigenvalue weighted by atomic mass is 9.94. The van der Waals surface area contributed by atoms with Crippen LogP contribution in [0.1, 0.15) is 23.2 Å². The maximum Gasteiger partial charge on any atom is 0.253 e. The zero-order valence-electron chi connectivity index (χ0n) is 17.4. The first kappa shape index (κ1) is 20.7. The van der Waals surface area contributed by atoms with Gasteiger partial charge in [-0.1, -0.05) is 60.7 Å². The van der Waals surface area contributed by atoms with Gasteiger partial charge in [0.05, 0.1) is 6.04 Å². The fraction of sp³-hybridized carbons (Fsp3) is 0.231. The largest absolute Gasteiger partial charge is 0.399 e. The SMILES string of the molecule is N/C1=C/C=C/C=C\C(NC(=O)C2CCN(C(=O)c3ccc4ccccc4c3)CC2)C=C1. The highest BCUT2D eigenvalue weighted by atomic mass is 16.2. The number of amides is 2. The van der Waals surface area contributed by atoms with Crippen LogP contribution in [0.15, 0.2) is 90.7 Å². The second-order valence-electron chi connectivity index (χ2n) is 7.96. The number of carbonyl (C=O) groups is 2. The van der Waals surface area contributed by atoms with Crippen molar-refractivity contribution in [2.75, 3.05) is 13.1 Å². The summed E-state index contributed by atoms with van der Waals surface area (Å²) < 4.78 is 0. The van der Waals surface area contributed by atoms with Gasteiger partial charge in [0, 0.05) is 30.3 Å². The van der Waals surface area contributed by atoms with Crippen molar-refractivity contribution in [1.82, 2.24) is 10.2 Å². The highest BCUT2D eigenvalue weighted by Crippen LogP contribution is 2.22. The molecule has 2 aromatic carbocycles. The van der Waals surface area contributed by atoms with Crippen molar-refractivity contribution < 1.29 is 9.59 Å². The lowest BCUT2D eigenvalue weighted by molar-refractivity contribution is -0.126. The Kier molecular flexibility index (Phi) is 6.32. The molecule has 1 heterocycles. The van der Waals surface area contributed by atoms with E-state index in [1.54, 1.807) is 6.08 Å². The van der Waals surface area contributed by atoms with E-state index in [9.17, 15) is 9.59 Å². The topological polar surface area (TPSA) is 75.4 Å². The Morgan fingerprint density at radius 3 is 2.52 bits per heavy atom. The summed E-state index contributed by atoms with van der Waals surface area (Å²) in [5, 5.41) is 5.25. The minimum absolute atomic E-state index is 0.0166. The van der Waals surface area contributed by atoms with Gasteiger partial charge in [-0.05, 0) is 47.9 Å². The predicted octanol–water partition coefficient (Wildman–Crippen LogP) is 3.70. The molecule has 1 aliphatic carbocycles. The molecule has 0 aromatic heterocycles. The lowest BCUT2D eigenvalue weighted by Crippen LogP contribution is -2.44. The third-order valence-corrected chi connectivity index (χ3v) is 5.78. The van der Waals surface area contributed by atoms with Crippen LogP contribution >= 0.6 is 0 Å². The van der Waals surface area contributed by atoms with Gasteiger partial charge >= 0.3 is 0 Å². The third kappa shape index (κ3) is 5.12. The number of piperidine rings is 1. The van der Waals surface area contributed by atoms with Crippen molar-refractivity contribution >= 4 is 22.6 Å². The van der Waals surface area contributed by atoms with E-state index in [1.807, 2.05) is 83.8 Å². The molecule has 1 saturated heterocycles. The average Bonchev–Trinajstić information content (AvgIpc) is 2.90. The minimum Gasteiger partial charge on any atom is -0.399 e. The molecule has 2 aromatic rings. The maximum atomic E-state index is 13.0. The number of rotatable bonds is 3. The summed E-state index contributed by atoms with van der Waals surface area (Å²) >= 11 is 0. The Balaban J connectivity index is 1.34. The van der Waals surface area contributed by atoms with E-state index in [0.717, 1.165) is 10.8 Å². The molecule has 1 atom stereocenters. The van der Waals surface area contributed by atoms with Gasteiger partial charge in [-0.25, -0.2) is 0 Å². The molecule has 3 N–H and O–H groups in total. The first-order valence-electron chi connectivity index (χ1n) is 10.7. The van der Waals surface area contributed by atoms with Crippen molar-refractivity contribution in [3.63, 3.8) is 0 Å². The molecule has 158 valence electrons. The predicted molar refractivity (Wildman–Crippen MR) is 124 cm³/mol. The molecule has 1 unspecified atom stereocenters. The number of nitrogens with one attached hydrogen (secondary N) is 1. The molecule has 5 heteroatoms. The van der Waals surface area contributed by atoms with E-state index < -0.39 is 0 Å². The third-order valence-electron chi connectivity index (χ3n) is 5.78. The lowest BCUT2D eigenvalue weighted by Gasteiger charge is -2.32. The van der Waals surface area contributed by atoms with Gasteiger partial charge in [-0.15, -0.1) is 0 Å². The van der Waals surface area contributed by atoms with Crippen LogP contribution < -0.4 is 11.1 Å². The maximum absolute atomic E-state index is 13.0. The number of hydrogen-bond donors (Lipinski definition) is 2. The van der Waals surface area contributed by atoms with Gasteiger partial charge in [0.2, 0.25) is 5.91 Å². The minimum atomic E-state index is -0.209. The van der Waals surface area contributed by atoms with Gasteiger partial charge in [0.15, 0.2) is 0 Å². The number of allylic oxidation sites excluding steroid dienone is 5. The highest BCUT2D eigenvalue weighted by molar-refractivity contribution is 5.98. The van der Waals surface area contributed by atoms with Crippen LogP contribution in [0.3, 0.4) is 0 Å². The van der Waals surface area contributed by atoms with Crippen molar-refractivity contribution in [2.45, 2.75) is 18.9 Å². The van der Waals surface area contributed by atoms with Crippen LogP contribution in [0.5, 0.6) is 0 Å². The normalized spacial score (nSPS) is 23.2. The molecular weight excluding hydrogens is 386 g/mol. The molecule has 0 radical (unpaired) electrons. The Labute approximate surface area is 182 Å². The molecular formula is C26H27N3O2. The fourth-order valence-electron chi connectivity index (χ4n) is 3.98. The zero-order chi connectivity index (χ0) is 21.6. The van der Waals surface area contributed by atoms with Crippen LogP contribution in [0.4, 0.5) is 0 Å². The zero-order valence-corrected chi connectivity index (χ0v) is 17.4. The molecule has 1 aliphatic heterocycles. The van der Waals surface area contributed by atoms with Crippen LogP contribution in [0.2, 0.25) is 0 Å². The number of benzene rings is 2. The Hall–Kier alpha value is -3.60. The first-order valence-corrected chi connectivity index (χ1v) is 10.7. The quantitative estimate of drug-likeness (QED) is 0.806. The van der Waals surface area contributed by atoms with Crippen LogP contribution in [0, 0.1) is 5.92 Å². The average molecular weight is 414 g/mol. The highest BCUT2D eigenvalue weighted by Gasteiger charge is 2.28. The van der Waals surface area contributed by atoms with Crippen molar-refractivity contribution in [2.24, 2.45) is 11.7 Å². The van der Waals surface area contributed by atoms with E-state index in [-0.39, 0.29) is 23.8 Å². The van der Waals surface area contributed by atoms with E-state index in [4.69, 9.17) is 5.73 Å². The van der Waals surface area contributed by atoms with E-state index in [2.05, 4.69) is 5.32 Å². The fourth-order valence-corrected chi connectivity index (χ4v) is 3.98. The molecule has 2 amide bonds. The Morgan fingerprint density at radius 2 is 1.71 bits per heavy atom. The van der Waals surface area contributed by atoms with Gasteiger partial charge in [-0.3, -0.25) is 9.59 Å². The van der Waals surface area contributed by atoms with Gasteiger partial charge in [0.1, 0.15) is 0 Å². The molecule has 0 bridgehead atoms.